The van der Waals surface area contributed by atoms with Crippen LogP contribution in [0.5, 0.6) is 0 Å². The van der Waals surface area contributed by atoms with E-state index in [1.54, 1.807) is 29.2 Å². The number of nitrogens with one attached hydrogen (secondary N) is 1. The van der Waals surface area contributed by atoms with Crippen molar-refractivity contribution in [1.29, 1.82) is 0 Å². The molecule has 4 heteroatoms. The zero-order chi connectivity index (χ0) is 12.3. The molecule has 0 bridgehead atoms. The average Bonchev–Trinajstić information content (AvgIpc) is 2.32. The van der Waals surface area contributed by atoms with Crippen LogP contribution in [0, 0.1) is 0 Å². The van der Waals surface area contributed by atoms with E-state index in [1.807, 2.05) is 32.0 Å². The van der Waals surface area contributed by atoms with Crippen molar-refractivity contribution in [2.24, 2.45) is 0 Å². The van der Waals surface area contributed by atoms with Gasteiger partial charge in [-0.1, -0.05) is 0 Å². The molecule has 0 fully saturated rings. The highest BCUT2D eigenvalue weighted by atomic mass is 16.1. The first-order valence-electron chi connectivity index (χ1n) is 5.57. The predicted octanol–water partition coefficient (Wildman–Crippen LogP) is 2.05. The largest absolute Gasteiger partial charge is 0.378 e. The Hall–Kier alpha value is -2.10. The van der Waals surface area contributed by atoms with Gasteiger partial charge in [0.1, 0.15) is 5.69 Å². The van der Waals surface area contributed by atoms with Crippen molar-refractivity contribution in [2.45, 2.75) is 19.9 Å². The van der Waals surface area contributed by atoms with Gasteiger partial charge in [0, 0.05) is 18.4 Å². The number of hydrogen-bond donors (Lipinski definition) is 1. The molecule has 0 spiro atoms. The van der Waals surface area contributed by atoms with E-state index in [2.05, 4.69) is 10.3 Å². The SMILES string of the molecule is CC(C)Nc1cccn(-c2cccnc2)c1=O. The zero-order valence-corrected chi connectivity index (χ0v) is 9.92. The molecule has 2 rings (SSSR count). The topological polar surface area (TPSA) is 46.9 Å². The Morgan fingerprint density at radius 2 is 2.12 bits per heavy atom. The number of rotatable bonds is 3. The number of anilines is 1. The highest BCUT2D eigenvalue weighted by molar-refractivity contribution is 5.44. The highest BCUT2D eigenvalue weighted by Gasteiger charge is 2.05. The minimum atomic E-state index is -0.0609. The Balaban J connectivity index is 2.47. The summed E-state index contributed by atoms with van der Waals surface area (Å²) < 4.78 is 1.58. The van der Waals surface area contributed by atoms with E-state index in [-0.39, 0.29) is 11.6 Å². The fraction of sp³-hybridized carbons (Fsp3) is 0.231. The van der Waals surface area contributed by atoms with Crippen LogP contribution in [0.2, 0.25) is 0 Å². The Kier molecular flexibility index (Phi) is 3.23. The van der Waals surface area contributed by atoms with Gasteiger partial charge < -0.3 is 5.32 Å². The molecular weight excluding hydrogens is 214 g/mol. The van der Waals surface area contributed by atoms with Gasteiger partial charge in [-0.2, -0.15) is 0 Å². The number of nitrogens with zero attached hydrogens (tertiary/aromatic N) is 2. The van der Waals surface area contributed by atoms with Crippen molar-refractivity contribution in [2.75, 3.05) is 5.32 Å². The van der Waals surface area contributed by atoms with Crippen LogP contribution in [0.15, 0.2) is 47.7 Å². The molecule has 0 aliphatic rings. The third-order valence-corrected chi connectivity index (χ3v) is 2.32. The van der Waals surface area contributed by atoms with Crippen molar-refractivity contribution in [3.05, 3.63) is 53.2 Å². The molecule has 88 valence electrons. The smallest absolute Gasteiger partial charge is 0.278 e. The Labute approximate surface area is 99.9 Å². The molecule has 0 amide bonds. The lowest BCUT2D eigenvalue weighted by atomic mass is 10.3. The molecule has 0 radical (unpaired) electrons. The quantitative estimate of drug-likeness (QED) is 0.876. The van der Waals surface area contributed by atoms with Gasteiger partial charge in [0.25, 0.3) is 5.56 Å². The summed E-state index contributed by atoms with van der Waals surface area (Å²) in [5, 5.41) is 3.13. The first kappa shape index (κ1) is 11.4. The van der Waals surface area contributed by atoms with Crippen molar-refractivity contribution in [3.8, 4) is 5.69 Å². The summed E-state index contributed by atoms with van der Waals surface area (Å²) in [4.78, 5) is 16.2. The minimum absolute atomic E-state index is 0.0609. The number of pyridine rings is 2. The maximum absolute atomic E-state index is 12.2. The van der Waals surface area contributed by atoms with Crippen LogP contribution >= 0.6 is 0 Å². The van der Waals surface area contributed by atoms with Crippen molar-refractivity contribution >= 4 is 5.69 Å². The van der Waals surface area contributed by atoms with Crippen LogP contribution in [0.4, 0.5) is 5.69 Å². The molecule has 0 unspecified atom stereocenters. The minimum Gasteiger partial charge on any atom is -0.378 e. The summed E-state index contributed by atoms with van der Waals surface area (Å²) in [6.07, 6.45) is 5.09. The predicted molar refractivity (Wildman–Crippen MR) is 68.6 cm³/mol. The maximum atomic E-state index is 12.2. The van der Waals surface area contributed by atoms with E-state index in [1.165, 1.54) is 0 Å². The highest BCUT2D eigenvalue weighted by Crippen LogP contribution is 2.06. The van der Waals surface area contributed by atoms with Gasteiger partial charge in [0.2, 0.25) is 0 Å². The Bertz CT molecular complexity index is 546. The molecule has 0 atom stereocenters. The van der Waals surface area contributed by atoms with E-state index < -0.39 is 0 Å². The second kappa shape index (κ2) is 4.82. The van der Waals surface area contributed by atoms with Gasteiger partial charge >= 0.3 is 0 Å². The van der Waals surface area contributed by atoms with E-state index in [0.717, 1.165) is 5.69 Å². The molecule has 2 aromatic rings. The first-order chi connectivity index (χ1) is 8.18. The summed E-state index contributed by atoms with van der Waals surface area (Å²) in [6.45, 7) is 4.00. The summed E-state index contributed by atoms with van der Waals surface area (Å²) in [5.41, 5.74) is 1.31. The standard InChI is InChI=1S/C13H15N3O/c1-10(2)15-12-6-4-8-16(13(12)17)11-5-3-7-14-9-11/h3-10,15H,1-2H3. The lowest BCUT2D eigenvalue weighted by molar-refractivity contribution is 0.883. The van der Waals surface area contributed by atoms with Crippen LogP contribution < -0.4 is 10.9 Å². The van der Waals surface area contributed by atoms with E-state index >= 15 is 0 Å². The van der Waals surface area contributed by atoms with Gasteiger partial charge in [-0.05, 0) is 38.1 Å². The molecule has 0 aliphatic heterocycles. The molecule has 0 aliphatic carbocycles. The maximum Gasteiger partial charge on any atom is 0.278 e. The van der Waals surface area contributed by atoms with Crippen LogP contribution in [0.3, 0.4) is 0 Å². The summed E-state index contributed by atoms with van der Waals surface area (Å²) in [6, 6.07) is 7.53. The van der Waals surface area contributed by atoms with E-state index in [0.29, 0.717) is 5.69 Å². The van der Waals surface area contributed by atoms with E-state index in [9.17, 15) is 4.79 Å². The van der Waals surface area contributed by atoms with Gasteiger partial charge in [-0.3, -0.25) is 14.3 Å². The molecule has 0 saturated carbocycles. The van der Waals surface area contributed by atoms with Crippen LogP contribution in [-0.4, -0.2) is 15.6 Å². The fourth-order valence-corrected chi connectivity index (χ4v) is 1.61. The monoisotopic (exact) mass is 229 g/mol. The van der Waals surface area contributed by atoms with E-state index in [4.69, 9.17) is 0 Å². The van der Waals surface area contributed by atoms with Crippen LogP contribution in [-0.2, 0) is 0 Å². The number of aromatic nitrogens is 2. The molecule has 0 aromatic carbocycles. The molecule has 2 heterocycles. The number of hydrogen-bond acceptors (Lipinski definition) is 3. The van der Waals surface area contributed by atoms with Crippen molar-refractivity contribution < 1.29 is 0 Å². The first-order valence-corrected chi connectivity index (χ1v) is 5.57. The lowest BCUT2D eigenvalue weighted by Gasteiger charge is -2.11. The summed E-state index contributed by atoms with van der Waals surface area (Å²) in [5.74, 6) is 0. The molecule has 0 saturated heterocycles. The summed E-state index contributed by atoms with van der Waals surface area (Å²) >= 11 is 0. The van der Waals surface area contributed by atoms with Crippen LogP contribution in [0.1, 0.15) is 13.8 Å². The average molecular weight is 229 g/mol. The lowest BCUT2D eigenvalue weighted by Crippen LogP contribution is -2.24. The zero-order valence-electron chi connectivity index (χ0n) is 9.92. The molecule has 4 nitrogen and oxygen atoms in total. The van der Waals surface area contributed by atoms with Gasteiger partial charge in [-0.15, -0.1) is 0 Å². The van der Waals surface area contributed by atoms with Crippen molar-refractivity contribution in [3.63, 3.8) is 0 Å². The Morgan fingerprint density at radius 1 is 1.29 bits per heavy atom. The second-order valence-electron chi connectivity index (χ2n) is 4.11. The molecular formula is C13H15N3O. The van der Waals surface area contributed by atoms with Gasteiger partial charge in [0.15, 0.2) is 0 Å². The Morgan fingerprint density at radius 3 is 2.76 bits per heavy atom. The fourth-order valence-electron chi connectivity index (χ4n) is 1.61. The third-order valence-electron chi connectivity index (χ3n) is 2.32. The molecule has 1 N–H and O–H groups in total. The van der Waals surface area contributed by atoms with Gasteiger partial charge in [0.05, 0.1) is 11.9 Å². The molecule has 2 aromatic heterocycles. The summed E-state index contributed by atoms with van der Waals surface area (Å²) in [7, 11) is 0. The molecule has 17 heavy (non-hydrogen) atoms. The van der Waals surface area contributed by atoms with Crippen LogP contribution in [0.25, 0.3) is 5.69 Å². The normalized spacial score (nSPS) is 10.5. The van der Waals surface area contributed by atoms with Gasteiger partial charge in [-0.25, -0.2) is 0 Å². The second-order valence-corrected chi connectivity index (χ2v) is 4.11. The van der Waals surface area contributed by atoms with Crippen molar-refractivity contribution in [1.82, 2.24) is 9.55 Å². The third kappa shape index (κ3) is 2.53.